The lowest BCUT2D eigenvalue weighted by molar-refractivity contribution is -0.139. The van der Waals surface area contributed by atoms with Crippen LogP contribution in [0.4, 0.5) is 0 Å². The molecule has 0 bridgehead atoms. The van der Waals surface area contributed by atoms with Crippen LogP contribution in [0.5, 0.6) is 5.75 Å². The Labute approximate surface area is 116 Å². The molecule has 110 valence electrons. The molecule has 1 aliphatic rings. The first-order valence-electron chi connectivity index (χ1n) is 6.03. The van der Waals surface area contributed by atoms with Crippen LogP contribution in [-0.2, 0) is 19.6 Å². The predicted molar refractivity (Wildman–Crippen MR) is 69.2 cm³/mol. The number of benzene rings is 1. The highest BCUT2D eigenvalue weighted by Gasteiger charge is 2.26. The van der Waals surface area contributed by atoms with Crippen LogP contribution in [0.25, 0.3) is 0 Å². The molecular formula is C12H15NO6S. The van der Waals surface area contributed by atoms with Crippen molar-refractivity contribution in [2.45, 2.75) is 4.90 Å². The molecule has 0 spiro atoms. The minimum Gasteiger partial charge on any atom is -0.482 e. The summed E-state index contributed by atoms with van der Waals surface area (Å²) in [5.41, 5.74) is 0. The van der Waals surface area contributed by atoms with E-state index in [0.717, 1.165) is 0 Å². The Bertz CT molecular complexity index is 562. The maximum atomic E-state index is 12.3. The van der Waals surface area contributed by atoms with Crippen molar-refractivity contribution in [2.75, 3.05) is 32.9 Å². The van der Waals surface area contributed by atoms with Crippen LogP contribution >= 0.6 is 0 Å². The Morgan fingerprint density at radius 1 is 1.25 bits per heavy atom. The average Bonchev–Trinajstić information content (AvgIpc) is 2.46. The fourth-order valence-electron chi connectivity index (χ4n) is 1.79. The fraction of sp³-hybridized carbons (Fsp3) is 0.417. The number of ether oxygens (including phenoxy) is 2. The third-order valence-electron chi connectivity index (χ3n) is 2.79. The van der Waals surface area contributed by atoms with E-state index in [1.54, 1.807) is 0 Å². The summed E-state index contributed by atoms with van der Waals surface area (Å²) in [4.78, 5) is 10.5. The molecule has 8 heteroatoms. The number of hydrogen-bond donors (Lipinski definition) is 1. The SMILES string of the molecule is O=C(O)COc1ccc(S(=O)(=O)N2CCOCC2)cc1. The maximum absolute atomic E-state index is 12.3. The van der Waals surface area contributed by atoms with Gasteiger partial charge in [-0.2, -0.15) is 4.31 Å². The van der Waals surface area contributed by atoms with Gasteiger partial charge in [-0.15, -0.1) is 0 Å². The van der Waals surface area contributed by atoms with E-state index in [1.165, 1.54) is 28.6 Å². The van der Waals surface area contributed by atoms with E-state index in [9.17, 15) is 13.2 Å². The quantitative estimate of drug-likeness (QED) is 0.833. The molecule has 1 aromatic rings. The zero-order chi connectivity index (χ0) is 14.6. The lowest BCUT2D eigenvalue weighted by Crippen LogP contribution is -2.40. The van der Waals surface area contributed by atoms with Crippen LogP contribution in [0.2, 0.25) is 0 Å². The molecule has 0 unspecified atom stereocenters. The number of carbonyl (C=O) groups is 1. The highest BCUT2D eigenvalue weighted by atomic mass is 32.2. The third kappa shape index (κ3) is 3.47. The van der Waals surface area contributed by atoms with Gasteiger partial charge in [0.25, 0.3) is 0 Å². The fourth-order valence-corrected chi connectivity index (χ4v) is 3.20. The van der Waals surface area contributed by atoms with Gasteiger partial charge >= 0.3 is 5.97 Å². The van der Waals surface area contributed by atoms with Gasteiger partial charge in [0.2, 0.25) is 10.0 Å². The van der Waals surface area contributed by atoms with Gasteiger partial charge in [0, 0.05) is 13.1 Å². The number of morpholine rings is 1. The van der Waals surface area contributed by atoms with Crippen molar-refractivity contribution in [3.63, 3.8) is 0 Å². The molecule has 1 N–H and O–H groups in total. The Morgan fingerprint density at radius 3 is 2.40 bits per heavy atom. The molecule has 1 aromatic carbocycles. The van der Waals surface area contributed by atoms with Crippen molar-refractivity contribution in [3.05, 3.63) is 24.3 Å². The lowest BCUT2D eigenvalue weighted by Gasteiger charge is -2.26. The smallest absolute Gasteiger partial charge is 0.341 e. The zero-order valence-electron chi connectivity index (χ0n) is 10.7. The number of aliphatic carboxylic acids is 1. The van der Waals surface area contributed by atoms with E-state index < -0.39 is 22.6 Å². The summed E-state index contributed by atoms with van der Waals surface area (Å²) in [6.07, 6.45) is 0. The summed E-state index contributed by atoms with van der Waals surface area (Å²) in [5.74, 6) is -0.775. The van der Waals surface area contributed by atoms with E-state index >= 15 is 0 Å². The topological polar surface area (TPSA) is 93.1 Å². The maximum Gasteiger partial charge on any atom is 0.341 e. The molecule has 0 aromatic heterocycles. The van der Waals surface area contributed by atoms with Gasteiger partial charge in [-0.1, -0.05) is 0 Å². The van der Waals surface area contributed by atoms with Gasteiger partial charge in [0.1, 0.15) is 5.75 Å². The number of nitrogens with zero attached hydrogens (tertiary/aromatic N) is 1. The third-order valence-corrected chi connectivity index (χ3v) is 4.71. The van der Waals surface area contributed by atoms with E-state index in [2.05, 4.69) is 0 Å². The summed E-state index contributed by atoms with van der Waals surface area (Å²) in [6, 6.07) is 5.69. The largest absolute Gasteiger partial charge is 0.482 e. The van der Waals surface area contributed by atoms with Crippen molar-refractivity contribution in [2.24, 2.45) is 0 Å². The average molecular weight is 301 g/mol. The molecule has 7 nitrogen and oxygen atoms in total. The Kier molecular flexibility index (Phi) is 4.58. The number of hydrogen-bond acceptors (Lipinski definition) is 5. The van der Waals surface area contributed by atoms with Crippen molar-refractivity contribution >= 4 is 16.0 Å². The highest BCUT2D eigenvalue weighted by Crippen LogP contribution is 2.20. The standard InChI is InChI=1S/C12H15NO6S/c14-12(15)9-19-10-1-3-11(4-2-10)20(16,17)13-5-7-18-8-6-13/h1-4H,5-9H2,(H,14,15). The van der Waals surface area contributed by atoms with Crippen LogP contribution in [0, 0.1) is 0 Å². The monoisotopic (exact) mass is 301 g/mol. The van der Waals surface area contributed by atoms with Gasteiger partial charge < -0.3 is 14.6 Å². The van der Waals surface area contributed by atoms with E-state index in [-0.39, 0.29) is 4.90 Å². The molecule has 20 heavy (non-hydrogen) atoms. The summed E-state index contributed by atoms with van der Waals surface area (Å²) in [7, 11) is -3.53. The number of carboxylic acids is 1. The number of sulfonamides is 1. The lowest BCUT2D eigenvalue weighted by atomic mass is 10.3. The first-order chi connectivity index (χ1) is 9.50. The second-order valence-electron chi connectivity index (χ2n) is 4.17. The van der Waals surface area contributed by atoms with Gasteiger partial charge in [-0.25, -0.2) is 13.2 Å². The molecular weight excluding hydrogens is 286 g/mol. The molecule has 0 saturated carbocycles. The Hall–Kier alpha value is -1.64. The molecule has 1 fully saturated rings. The van der Waals surface area contributed by atoms with Crippen molar-refractivity contribution < 1.29 is 27.8 Å². The van der Waals surface area contributed by atoms with Crippen LogP contribution in [0.3, 0.4) is 0 Å². The second kappa shape index (κ2) is 6.21. The van der Waals surface area contributed by atoms with Gasteiger partial charge in [-0.05, 0) is 24.3 Å². The molecule has 0 aliphatic carbocycles. The van der Waals surface area contributed by atoms with Crippen LogP contribution in [-0.4, -0.2) is 56.7 Å². The predicted octanol–water partition coefficient (Wildman–Crippen LogP) is 0.171. The molecule has 2 rings (SSSR count). The minimum atomic E-state index is -3.53. The van der Waals surface area contributed by atoms with Crippen LogP contribution in [0.15, 0.2) is 29.2 Å². The Balaban J connectivity index is 2.10. The zero-order valence-corrected chi connectivity index (χ0v) is 11.5. The van der Waals surface area contributed by atoms with E-state index in [0.29, 0.717) is 32.1 Å². The first kappa shape index (κ1) is 14.8. The number of rotatable bonds is 5. The summed E-state index contributed by atoms with van der Waals surface area (Å²) < 4.78 is 36.0. The van der Waals surface area contributed by atoms with Gasteiger partial charge in [-0.3, -0.25) is 0 Å². The highest BCUT2D eigenvalue weighted by molar-refractivity contribution is 7.89. The van der Waals surface area contributed by atoms with Gasteiger partial charge in [0.05, 0.1) is 18.1 Å². The molecule has 1 aliphatic heterocycles. The van der Waals surface area contributed by atoms with Crippen LogP contribution in [0.1, 0.15) is 0 Å². The molecule has 0 amide bonds. The van der Waals surface area contributed by atoms with Crippen molar-refractivity contribution in [1.29, 1.82) is 0 Å². The first-order valence-corrected chi connectivity index (χ1v) is 7.47. The molecule has 0 radical (unpaired) electrons. The summed E-state index contributed by atoms with van der Waals surface area (Å²) in [5, 5.41) is 8.49. The molecule has 1 heterocycles. The van der Waals surface area contributed by atoms with Crippen LogP contribution < -0.4 is 4.74 Å². The van der Waals surface area contributed by atoms with Crippen molar-refractivity contribution in [1.82, 2.24) is 4.31 Å². The van der Waals surface area contributed by atoms with E-state index in [4.69, 9.17) is 14.6 Å². The molecule has 1 saturated heterocycles. The van der Waals surface area contributed by atoms with Crippen molar-refractivity contribution in [3.8, 4) is 5.75 Å². The van der Waals surface area contributed by atoms with Gasteiger partial charge in [0.15, 0.2) is 6.61 Å². The normalized spacial score (nSPS) is 16.8. The number of carboxylic acid groups (broad SMARTS) is 1. The minimum absolute atomic E-state index is 0.155. The summed E-state index contributed by atoms with van der Waals surface area (Å²) in [6.45, 7) is 0.979. The molecule has 0 atom stereocenters. The Morgan fingerprint density at radius 2 is 1.85 bits per heavy atom. The second-order valence-corrected chi connectivity index (χ2v) is 6.11. The summed E-state index contributed by atoms with van der Waals surface area (Å²) >= 11 is 0. The van der Waals surface area contributed by atoms with E-state index in [1.807, 2.05) is 0 Å².